The van der Waals surface area contributed by atoms with Crippen molar-refractivity contribution in [3.63, 3.8) is 0 Å². The van der Waals surface area contributed by atoms with Crippen LogP contribution in [0.1, 0.15) is 26.0 Å². The smallest absolute Gasteiger partial charge is 0.408 e. The zero-order valence-corrected chi connectivity index (χ0v) is 14.9. The number of thiazole rings is 1. The van der Waals surface area contributed by atoms with Gasteiger partial charge >= 0.3 is 12.1 Å². The van der Waals surface area contributed by atoms with Gasteiger partial charge in [-0.15, -0.1) is 11.3 Å². The van der Waals surface area contributed by atoms with Crippen LogP contribution in [0, 0.1) is 5.92 Å². The minimum Gasteiger partial charge on any atom is -0.480 e. The average Bonchev–Trinajstić information content (AvgIpc) is 3.03. The van der Waals surface area contributed by atoms with Crippen LogP contribution in [-0.2, 0) is 11.2 Å². The number of hydrogen-bond acceptors (Lipinski definition) is 5. The summed E-state index contributed by atoms with van der Waals surface area (Å²) in [7, 11) is 0. The highest BCUT2D eigenvalue weighted by Crippen LogP contribution is 2.23. The number of carbonyl (C=O) groups is 2. The van der Waals surface area contributed by atoms with Gasteiger partial charge in [-0.3, -0.25) is 9.88 Å². The Bertz CT molecular complexity index is 718. The molecular weight excluding hydrogens is 342 g/mol. The predicted molar refractivity (Wildman–Crippen MR) is 94.7 cm³/mol. The first-order chi connectivity index (χ1) is 11.9. The molecule has 0 bridgehead atoms. The number of nitrogens with zero attached hydrogens (tertiary/aromatic N) is 3. The Morgan fingerprint density at radius 3 is 2.48 bits per heavy atom. The van der Waals surface area contributed by atoms with E-state index in [2.05, 4.69) is 9.97 Å². The Kier molecular flexibility index (Phi) is 6.46. The lowest BCUT2D eigenvalue weighted by atomic mass is 10.0. The molecule has 134 valence electrons. The first kappa shape index (κ1) is 18.9. The number of carboxylic acid groups (broad SMARTS) is 2. The Morgan fingerprint density at radius 2 is 1.92 bits per heavy atom. The molecule has 0 aliphatic heterocycles. The zero-order valence-electron chi connectivity index (χ0n) is 14.1. The molecule has 1 unspecified atom stereocenters. The minimum atomic E-state index is -1.22. The second-order valence-electron chi connectivity index (χ2n) is 6.09. The summed E-state index contributed by atoms with van der Waals surface area (Å²) in [5.41, 5.74) is 1.70. The molecule has 7 nitrogen and oxygen atoms in total. The SMILES string of the molecule is CC(C)CC(C(=O)O)N(CCc1csc(-c2ccncc2)n1)C(=O)O. The molecule has 0 aliphatic carbocycles. The summed E-state index contributed by atoms with van der Waals surface area (Å²) in [6.07, 6.45) is 2.80. The largest absolute Gasteiger partial charge is 0.480 e. The van der Waals surface area contributed by atoms with Gasteiger partial charge in [-0.05, 0) is 24.5 Å². The first-order valence-electron chi connectivity index (χ1n) is 7.95. The van der Waals surface area contributed by atoms with Gasteiger partial charge < -0.3 is 10.2 Å². The van der Waals surface area contributed by atoms with Crippen molar-refractivity contribution in [2.75, 3.05) is 6.54 Å². The molecule has 0 saturated heterocycles. The Labute approximate surface area is 150 Å². The molecule has 2 aromatic heterocycles. The van der Waals surface area contributed by atoms with Gasteiger partial charge in [0.05, 0.1) is 5.69 Å². The number of amides is 1. The Balaban J connectivity index is 2.07. The second kappa shape index (κ2) is 8.57. The average molecular weight is 363 g/mol. The molecule has 25 heavy (non-hydrogen) atoms. The van der Waals surface area contributed by atoms with E-state index in [1.54, 1.807) is 12.4 Å². The standard InChI is InChI=1S/C17H21N3O4S/c1-11(2)9-14(16(21)22)20(17(23)24)8-5-13-10-25-15(19-13)12-3-6-18-7-4-12/h3-4,6-7,10-11,14H,5,8-9H2,1-2H3,(H,21,22)(H,23,24). The van der Waals surface area contributed by atoms with Crippen molar-refractivity contribution in [2.24, 2.45) is 5.92 Å². The highest BCUT2D eigenvalue weighted by Gasteiger charge is 2.30. The van der Waals surface area contributed by atoms with E-state index in [0.717, 1.165) is 21.2 Å². The van der Waals surface area contributed by atoms with Crippen LogP contribution in [0.25, 0.3) is 10.6 Å². The van der Waals surface area contributed by atoms with E-state index in [0.29, 0.717) is 6.42 Å². The third kappa shape index (κ3) is 5.25. The summed E-state index contributed by atoms with van der Waals surface area (Å²) in [6.45, 7) is 3.84. The molecule has 2 rings (SSSR count). The summed E-state index contributed by atoms with van der Waals surface area (Å²) in [5, 5.41) is 21.5. The van der Waals surface area contributed by atoms with Crippen LogP contribution in [-0.4, -0.2) is 49.7 Å². The minimum absolute atomic E-state index is 0.0838. The van der Waals surface area contributed by atoms with E-state index in [-0.39, 0.29) is 18.9 Å². The highest BCUT2D eigenvalue weighted by molar-refractivity contribution is 7.13. The molecule has 2 heterocycles. The van der Waals surface area contributed by atoms with Crippen molar-refractivity contribution in [3.05, 3.63) is 35.6 Å². The maximum absolute atomic E-state index is 11.5. The van der Waals surface area contributed by atoms with Gasteiger partial charge in [0.15, 0.2) is 0 Å². The quantitative estimate of drug-likeness (QED) is 0.746. The van der Waals surface area contributed by atoms with Gasteiger partial charge in [0.2, 0.25) is 0 Å². The van der Waals surface area contributed by atoms with Crippen LogP contribution in [0.2, 0.25) is 0 Å². The summed E-state index contributed by atoms with van der Waals surface area (Å²) in [4.78, 5) is 32.4. The van der Waals surface area contributed by atoms with Gasteiger partial charge in [-0.2, -0.15) is 0 Å². The molecule has 1 amide bonds. The number of aromatic nitrogens is 2. The molecule has 0 radical (unpaired) electrons. The Morgan fingerprint density at radius 1 is 1.24 bits per heavy atom. The molecule has 0 aromatic carbocycles. The zero-order chi connectivity index (χ0) is 18.4. The van der Waals surface area contributed by atoms with Crippen LogP contribution in [0.4, 0.5) is 4.79 Å². The number of hydrogen-bond donors (Lipinski definition) is 2. The van der Waals surface area contributed by atoms with E-state index in [9.17, 15) is 19.8 Å². The fraction of sp³-hybridized carbons (Fsp3) is 0.412. The maximum atomic E-state index is 11.5. The highest BCUT2D eigenvalue weighted by atomic mass is 32.1. The molecule has 0 aliphatic rings. The summed E-state index contributed by atoms with van der Waals surface area (Å²) in [6, 6.07) is 2.67. The molecular formula is C17H21N3O4S. The topological polar surface area (TPSA) is 104 Å². The van der Waals surface area contributed by atoms with Crippen LogP contribution >= 0.6 is 11.3 Å². The van der Waals surface area contributed by atoms with E-state index in [4.69, 9.17) is 0 Å². The predicted octanol–water partition coefficient (Wildman–Crippen LogP) is 3.23. The number of aliphatic carboxylic acids is 1. The fourth-order valence-corrected chi connectivity index (χ4v) is 3.34. The lowest BCUT2D eigenvalue weighted by Crippen LogP contribution is -2.46. The first-order valence-corrected chi connectivity index (χ1v) is 8.83. The summed E-state index contributed by atoms with van der Waals surface area (Å²) >= 11 is 1.47. The number of pyridine rings is 1. The molecule has 8 heteroatoms. The van der Waals surface area contributed by atoms with Crippen LogP contribution in [0.15, 0.2) is 29.9 Å². The molecule has 2 N–H and O–H groups in total. The van der Waals surface area contributed by atoms with Crippen molar-refractivity contribution in [2.45, 2.75) is 32.7 Å². The van der Waals surface area contributed by atoms with E-state index >= 15 is 0 Å². The normalized spacial score (nSPS) is 12.1. The third-order valence-corrected chi connectivity index (χ3v) is 4.63. The number of rotatable bonds is 8. The number of carboxylic acids is 1. The van der Waals surface area contributed by atoms with E-state index < -0.39 is 18.1 Å². The fourth-order valence-electron chi connectivity index (χ4n) is 2.48. The van der Waals surface area contributed by atoms with Crippen LogP contribution in [0.3, 0.4) is 0 Å². The molecule has 0 spiro atoms. The summed E-state index contributed by atoms with van der Waals surface area (Å²) in [5.74, 6) is -1.03. The maximum Gasteiger partial charge on any atom is 0.408 e. The lowest BCUT2D eigenvalue weighted by molar-refractivity contribution is -0.143. The van der Waals surface area contributed by atoms with Crippen LogP contribution in [0.5, 0.6) is 0 Å². The van der Waals surface area contributed by atoms with Crippen molar-refractivity contribution in [3.8, 4) is 10.6 Å². The van der Waals surface area contributed by atoms with Gasteiger partial charge in [0.25, 0.3) is 0 Å². The van der Waals surface area contributed by atoms with Gasteiger partial charge in [-0.25, -0.2) is 14.6 Å². The van der Waals surface area contributed by atoms with Gasteiger partial charge in [-0.1, -0.05) is 13.8 Å². The van der Waals surface area contributed by atoms with Gasteiger partial charge in [0.1, 0.15) is 11.0 Å². The summed E-state index contributed by atoms with van der Waals surface area (Å²) < 4.78 is 0. The molecule has 2 aromatic rings. The van der Waals surface area contributed by atoms with Crippen molar-refractivity contribution in [1.29, 1.82) is 0 Å². The molecule has 0 fully saturated rings. The Hall–Kier alpha value is -2.48. The molecule has 1 atom stereocenters. The second-order valence-corrected chi connectivity index (χ2v) is 6.95. The third-order valence-electron chi connectivity index (χ3n) is 3.69. The van der Waals surface area contributed by atoms with E-state index in [1.807, 2.05) is 31.4 Å². The molecule has 0 saturated carbocycles. The van der Waals surface area contributed by atoms with Crippen LogP contribution < -0.4 is 0 Å². The van der Waals surface area contributed by atoms with Crippen molar-refractivity contribution in [1.82, 2.24) is 14.9 Å². The lowest BCUT2D eigenvalue weighted by Gasteiger charge is -2.27. The van der Waals surface area contributed by atoms with Gasteiger partial charge in [0, 0.05) is 36.3 Å². The monoisotopic (exact) mass is 363 g/mol. The van der Waals surface area contributed by atoms with E-state index in [1.165, 1.54) is 11.3 Å². The van der Waals surface area contributed by atoms with Crippen molar-refractivity contribution >= 4 is 23.4 Å². The van der Waals surface area contributed by atoms with Crippen molar-refractivity contribution < 1.29 is 19.8 Å².